The first-order chi connectivity index (χ1) is 7.71. The summed E-state index contributed by atoms with van der Waals surface area (Å²) in [5.74, 6) is -1.22. The van der Waals surface area contributed by atoms with Gasteiger partial charge in [0.1, 0.15) is 5.75 Å². The molecule has 0 aliphatic rings. The van der Waals surface area contributed by atoms with Crippen molar-refractivity contribution in [3.63, 3.8) is 0 Å². The van der Waals surface area contributed by atoms with Crippen molar-refractivity contribution in [3.8, 4) is 5.75 Å². The van der Waals surface area contributed by atoms with Gasteiger partial charge < -0.3 is 9.84 Å². The number of halogens is 4. The third kappa shape index (κ3) is 3.62. The van der Waals surface area contributed by atoms with E-state index in [1.165, 1.54) is 18.2 Å². The lowest BCUT2D eigenvalue weighted by atomic mass is 10.2. The maximum atomic E-state index is 12.2. The highest BCUT2D eigenvalue weighted by molar-refractivity contribution is 9.10. The zero-order valence-corrected chi connectivity index (χ0v) is 10.2. The van der Waals surface area contributed by atoms with E-state index in [-0.39, 0.29) is 15.8 Å². The average molecular weight is 313 g/mol. The van der Waals surface area contributed by atoms with Crippen molar-refractivity contribution in [1.29, 1.82) is 0 Å². The lowest BCUT2D eigenvalue weighted by Gasteiger charge is -2.18. The number of hydrogen-bond acceptors (Lipinski definition) is 2. The predicted octanol–water partition coefficient (Wildman–Crippen LogP) is 3.48. The molecule has 7 heteroatoms. The molecule has 1 aromatic rings. The van der Waals surface area contributed by atoms with Gasteiger partial charge in [0.25, 0.3) is 0 Å². The molecule has 0 fully saturated rings. The van der Waals surface area contributed by atoms with E-state index in [1.807, 2.05) is 0 Å². The summed E-state index contributed by atoms with van der Waals surface area (Å²) in [4.78, 5) is 10.6. The highest BCUT2D eigenvalue weighted by atomic mass is 79.9. The van der Waals surface area contributed by atoms with Gasteiger partial charge in [0, 0.05) is 0 Å². The number of carbonyl (C=O) groups is 1. The van der Waals surface area contributed by atoms with Crippen LogP contribution in [0.25, 0.3) is 0 Å². The standard InChI is InChI=1S/C10H8BrF3O3/c1-5(10(12,13)14)17-8-3-2-6(9(15)16)4-7(8)11/h2-5H,1H3,(H,15,16). The molecule has 1 rings (SSSR count). The third-order valence-electron chi connectivity index (χ3n) is 1.94. The molecule has 0 saturated heterocycles. The molecule has 94 valence electrons. The van der Waals surface area contributed by atoms with Gasteiger partial charge in [-0.25, -0.2) is 4.79 Å². The Hall–Kier alpha value is -1.24. The van der Waals surface area contributed by atoms with Crippen LogP contribution in [0, 0.1) is 0 Å². The van der Waals surface area contributed by atoms with E-state index < -0.39 is 18.2 Å². The minimum Gasteiger partial charge on any atom is -0.480 e. The lowest BCUT2D eigenvalue weighted by molar-refractivity contribution is -0.189. The Labute approximate surface area is 103 Å². The second-order valence-corrected chi connectivity index (χ2v) is 4.11. The van der Waals surface area contributed by atoms with E-state index in [2.05, 4.69) is 20.7 Å². The fourth-order valence-electron chi connectivity index (χ4n) is 0.987. The van der Waals surface area contributed by atoms with Crippen LogP contribution in [0.1, 0.15) is 17.3 Å². The molecule has 0 radical (unpaired) electrons. The van der Waals surface area contributed by atoms with Crippen LogP contribution in [0.4, 0.5) is 13.2 Å². The molecule has 0 saturated carbocycles. The van der Waals surface area contributed by atoms with Crippen molar-refractivity contribution in [2.75, 3.05) is 0 Å². The Kier molecular flexibility index (Phi) is 4.03. The summed E-state index contributed by atoms with van der Waals surface area (Å²) in [7, 11) is 0. The van der Waals surface area contributed by atoms with Crippen molar-refractivity contribution in [3.05, 3.63) is 28.2 Å². The number of ether oxygens (including phenoxy) is 1. The zero-order valence-electron chi connectivity index (χ0n) is 8.58. The maximum Gasteiger partial charge on any atom is 0.425 e. The van der Waals surface area contributed by atoms with Crippen LogP contribution in [0.15, 0.2) is 22.7 Å². The van der Waals surface area contributed by atoms with Crippen LogP contribution in [0.2, 0.25) is 0 Å². The van der Waals surface area contributed by atoms with E-state index >= 15 is 0 Å². The Balaban J connectivity index is 2.90. The minimum atomic E-state index is -4.47. The van der Waals surface area contributed by atoms with E-state index in [0.717, 1.165) is 6.92 Å². The predicted molar refractivity (Wildman–Crippen MR) is 57.2 cm³/mol. The van der Waals surface area contributed by atoms with Crippen LogP contribution in [-0.4, -0.2) is 23.4 Å². The lowest BCUT2D eigenvalue weighted by Crippen LogP contribution is -2.31. The molecule has 0 amide bonds. The molecule has 0 bridgehead atoms. The molecule has 0 aliphatic carbocycles. The van der Waals surface area contributed by atoms with Crippen molar-refractivity contribution >= 4 is 21.9 Å². The van der Waals surface area contributed by atoms with Crippen LogP contribution in [0.5, 0.6) is 5.75 Å². The Morgan fingerprint density at radius 1 is 1.47 bits per heavy atom. The van der Waals surface area contributed by atoms with Crippen molar-refractivity contribution in [1.82, 2.24) is 0 Å². The van der Waals surface area contributed by atoms with E-state index in [4.69, 9.17) is 5.11 Å². The topological polar surface area (TPSA) is 46.5 Å². The number of carboxylic acid groups (broad SMARTS) is 1. The summed E-state index contributed by atoms with van der Waals surface area (Å²) >= 11 is 2.95. The van der Waals surface area contributed by atoms with Crippen molar-refractivity contribution < 1.29 is 27.8 Å². The molecule has 1 aromatic carbocycles. The molecular weight excluding hydrogens is 305 g/mol. The first kappa shape index (κ1) is 13.8. The molecule has 3 nitrogen and oxygen atoms in total. The second-order valence-electron chi connectivity index (χ2n) is 3.25. The van der Waals surface area contributed by atoms with Gasteiger partial charge in [0.15, 0.2) is 6.10 Å². The molecule has 0 heterocycles. The number of rotatable bonds is 3. The fraction of sp³-hybridized carbons (Fsp3) is 0.300. The third-order valence-corrected chi connectivity index (χ3v) is 2.56. The van der Waals surface area contributed by atoms with Crippen molar-refractivity contribution in [2.24, 2.45) is 0 Å². The van der Waals surface area contributed by atoms with Gasteiger partial charge in [0.05, 0.1) is 10.0 Å². The molecule has 1 unspecified atom stereocenters. The summed E-state index contributed by atoms with van der Waals surface area (Å²) in [6, 6.07) is 3.53. The molecule has 17 heavy (non-hydrogen) atoms. The smallest absolute Gasteiger partial charge is 0.425 e. The minimum absolute atomic E-state index is 0.0381. The first-order valence-electron chi connectivity index (χ1n) is 4.48. The van der Waals surface area contributed by atoms with Gasteiger partial charge in [-0.15, -0.1) is 0 Å². The Morgan fingerprint density at radius 3 is 2.47 bits per heavy atom. The number of aromatic carboxylic acids is 1. The van der Waals surface area contributed by atoms with Gasteiger partial charge in [-0.1, -0.05) is 0 Å². The van der Waals surface area contributed by atoms with Gasteiger partial charge in [-0.2, -0.15) is 13.2 Å². The largest absolute Gasteiger partial charge is 0.480 e. The van der Waals surface area contributed by atoms with E-state index in [0.29, 0.717) is 0 Å². The van der Waals surface area contributed by atoms with Crippen LogP contribution < -0.4 is 4.74 Å². The number of hydrogen-bond donors (Lipinski definition) is 1. The quantitative estimate of drug-likeness (QED) is 0.929. The summed E-state index contributed by atoms with van der Waals surface area (Å²) in [5, 5.41) is 8.67. The van der Waals surface area contributed by atoms with Crippen molar-refractivity contribution in [2.45, 2.75) is 19.2 Å². The van der Waals surface area contributed by atoms with Gasteiger partial charge >= 0.3 is 12.1 Å². The summed E-state index contributed by atoms with van der Waals surface area (Å²) in [6.07, 6.45) is -6.43. The SMILES string of the molecule is CC(Oc1ccc(C(=O)O)cc1Br)C(F)(F)F. The molecule has 1 atom stereocenters. The van der Waals surface area contributed by atoms with Gasteiger partial charge in [-0.05, 0) is 41.1 Å². The highest BCUT2D eigenvalue weighted by Crippen LogP contribution is 2.30. The Morgan fingerprint density at radius 2 is 2.06 bits per heavy atom. The number of benzene rings is 1. The molecule has 0 aromatic heterocycles. The van der Waals surface area contributed by atoms with Crippen LogP contribution in [-0.2, 0) is 0 Å². The van der Waals surface area contributed by atoms with Crippen LogP contribution >= 0.6 is 15.9 Å². The second kappa shape index (κ2) is 4.95. The van der Waals surface area contributed by atoms with E-state index in [1.54, 1.807) is 0 Å². The zero-order chi connectivity index (χ0) is 13.2. The maximum absolute atomic E-state index is 12.2. The summed E-state index contributed by atoms with van der Waals surface area (Å²) < 4.78 is 41.6. The van der Waals surface area contributed by atoms with Crippen LogP contribution in [0.3, 0.4) is 0 Å². The summed E-state index contributed by atoms with van der Waals surface area (Å²) in [5.41, 5.74) is -0.0381. The number of carboxylic acids is 1. The fourth-order valence-corrected chi connectivity index (χ4v) is 1.46. The van der Waals surface area contributed by atoms with E-state index in [9.17, 15) is 18.0 Å². The normalized spacial score (nSPS) is 13.2. The molecular formula is C10H8BrF3O3. The monoisotopic (exact) mass is 312 g/mol. The molecule has 0 aliphatic heterocycles. The molecule has 0 spiro atoms. The average Bonchev–Trinajstić information content (AvgIpc) is 2.19. The van der Waals surface area contributed by atoms with Gasteiger partial charge in [0.2, 0.25) is 0 Å². The highest BCUT2D eigenvalue weighted by Gasteiger charge is 2.38. The summed E-state index contributed by atoms with van der Waals surface area (Å²) in [6.45, 7) is 0.873. The molecule has 1 N–H and O–H groups in total. The Bertz CT molecular complexity index is 431. The van der Waals surface area contributed by atoms with Gasteiger partial charge in [-0.3, -0.25) is 0 Å². The number of alkyl halides is 3. The first-order valence-corrected chi connectivity index (χ1v) is 5.27.